The molecule has 146 valence electrons. The summed E-state index contributed by atoms with van der Waals surface area (Å²) in [5.41, 5.74) is 4.23. The molecule has 3 aromatic carbocycles. The van der Waals surface area contributed by atoms with Crippen LogP contribution in [-0.2, 0) is 16.0 Å². The van der Waals surface area contributed by atoms with Crippen LogP contribution in [0.5, 0.6) is 0 Å². The lowest BCUT2D eigenvalue weighted by Crippen LogP contribution is -2.44. The van der Waals surface area contributed by atoms with Crippen molar-refractivity contribution < 1.29 is 9.53 Å². The van der Waals surface area contributed by atoms with Crippen LogP contribution in [0.4, 0.5) is 0 Å². The van der Waals surface area contributed by atoms with E-state index in [2.05, 4.69) is 60.7 Å². The van der Waals surface area contributed by atoms with E-state index in [0.717, 1.165) is 18.4 Å². The lowest BCUT2D eigenvalue weighted by atomic mass is 9.95. The zero-order valence-electron chi connectivity index (χ0n) is 16.6. The summed E-state index contributed by atoms with van der Waals surface area (Å²) in [7, 11) is 0. The van der Waals surface area contributed by atoms with E-state index in [-0.39, 0.29) is 17.9 Å². The third-order valence-electron chi connectivity index (χ3n) is 6.27. The van der Waals surface area contributed by atoms with E-state index in [1.54, 1.807) is 0 Å². The molecule has 0 aliphatic carbocycles. The Morgan fingerprint density at radius 1 is 0.897 bits per heavy atom. The van der Waals surface area contributed by atoms with Crippen molar-refractivity contribution >= 4 is 5.91 Å². The number of nitrogens with zero attached hydrogens (tertiary/aromatic N) is 1. The van der Waals surface area contributed by atoms with Crippen LogP contribution in [0, 0.1) is 5.92 Å². The molecule has 1 amide bonds. The summed E-state index contributed by atoms with van der Waals surface area (Å²) in [4.78, 5) is 15.1. The number of benzene rings is 3. The Balaban J connectivity index is 1.43. The van der Waals surface area contributed by atoms with Gasteiger partial charge < -0.3 is 9.64 Å². The molecule has 0 aromatic heterocycles. The monoisotopic (exact) mass is 383 g/mol. The fourth-order valence-corrected chi connectivity index (χ4v) is 4.87. The summed E-state index contributed by atoms with van der Waals surface area (Å²) in [5, 5.41) is 0. The molecule has 3 aromatic rings. The molecular formula is C26H25NO2. The second-order valence-corrected chi connectivity index (χ2v) is 8.24. The summed E-state index contributed by atoms with van der Waals surface area (Å²) < 4.78 is 6.40. The minimum atomic E-state index is -0.536. The fraction of sp³-hybridized carbons (Fsp3) is 0.269. The molecule has 2 aliphatic rings. The number of rotatable bonds is 4. The van der Waals surface area contributed by atoms with Crippen LogP contribution < -0.4 is 0 Å². The smallest absolute Gasteiger partial charge is 0.228 e. The number of hydrogen-bond acceptors (Lipinski definition) is 2. The van der Waals surface area contributed by atoms with Gasteiger partial charge in [0, 0.05) is 18.8 Å². The van der Waals surface area contributed by atoms with Crippen LogP contribution in [0.15, 0.2) is 84.9 Å². The molecule has 0 saturated carbocycles. The van der Waals surface area contributed by atoms with Gasteiger partial charge in [-0.3, -0.25) is 4.79 Å². The Morgan fingerprint density at radius 3 is 2.21 bits per heavy atom. The van der Waals surface area contributed by atoms with Crippen LogP contribution in [0.2, 0.25) is 0 Å². The molecule has 2 heterocycles. The highest BCUT2D eigenvalue weighted by molar-refractivity contribution is 5.82. The van der Waals surface area contributed by atoms with Crippen LogP contribution in [-0.4, -0.2) is 23.1 Å². The predicted octanol–water partition coefficient (Wildman–Crippen LogP) is 5.23. The van der Waals surface area contributed by atoms with Crippen molar-refractivity contribution in [1.29, 1.82) is 0 Å². The van der Waals surface area contributed by atoms with Crippen molar-refractivity contribution in [2.75, 3.05) is 6.61 Å². The standard InChI is InChI=1S/C26H25NO2/c1-19-16-26(17-20-12-14-22(15-13-20)21-8-4-2-5-9-21)27(25(19)28)24(18-29-26)23-10-6-3-7-11-23/h2-15,19,24H,16-18H2,1H3/t19-,24+,26?/m1/s1. The van der Waals surface area contributed by atoms with Crippen LogP contribution in [0.3, 0.4) is 0 Å². The average molecular weight is 383 g/mol. The molecule has 0 spiro atoms. The number of fused-ring (bicyclic) bond motifs is 1. The zero-order valence-corrected chi connectivity index (χ0v) is 16.6. The summed E-state index contributed by atoms with van der Waals surface area (Å²) in [6.07, 6.45) is 1.47. The predicted molar refractivity (Wildman–Crippen MR) is 114 cm³/mol. The third-order valence-corrected chi connectivity index (χ3v) is 6.27. The number of ether oxygens (including phenoxy) is 1. The Labute approximate surface area is 171 Å². The fourth-order valence-electron chi connectivity index (χ4n) is 4.87. The quantitative estimate of drug-likeness (QED) is 0.617. The number of amides is 1. The number of carbonyl (C=O) groups excluding carboxylic acids is 1. The van der Waals surface area contributed by atoms with Crippen molar-refractivity contribution in [3.8, 4) is 11.1 Å². The van der Waals surface area contributed by atoms with E-state index < -0.39 is 5.72 Å². The normalized spacial score (nSPS) is 26.0. The largest absolute Gasteiger partial charge is 0.353 e. The maximum Gasteiger partial charge on any atom is 0.228 e. The zero-order chi connectivity index (χ0) is 19.8. The van der Waals surface area contributed by atoms with E-state index in [9.17, 15) is 4.79 Å². The first-order chi connectivity index (χ1) is 14.2. The molecule has 0 N–H and O–H groups in total. The van der Waals surface area contributed by atoms with Gasteiger partial charge >= 0.3 is 0 Å². The molecule has 0 radical (unpaired) electrons. The SMILES string of the molecule is C[C@@H]1CC2(Cc3ccc(-c4ccccc4)cc3)OC[C@@H](c3ccccc3)N2C1=O. The summed E-state index contributed by atoms with van der Waals surface area (Å²) in [6, 6.07) is 29.3. The van der Waals surface area contributed by atoms with E-state index in [1.165, 1.54) is 16.7 Å². The molecule has 2 saturated heterocycles. The summed E-state index contributed by atoms with van der Waals surface area (Å²) in [5.74, 6) is 0.197. The molecule has 1 unspecified atom stereocenters. The van der Waals surface area contributed by atoms with Crippen molar-refractivity contribution in [3.05, 3.63) is 96.1 Å². The van der Waals surface area contributed by atoms with Gasteiger partial charge in [0.1, 0.15) is 5.72 Å². The van der Waals surface area contributed by atoms with Crippen LogP contribution in [0.25, 0.3) is 11.1 Å². The van der Waals surface area contributed by atoms with E-state index in [1.807, 2.05) is 36.1 Å². The molecule has 0 bridgehead atoms. The summed E-state index contributed by atoms with van der Waals surface area (Å²) in [6.45, 7) is 2.58. The van der Waals surface area contributed by atoms with Gasteiger partial charge in [0.15, 0.2) is 0 Å². The van der Waals surface area contributed by atoms with Gasteiger partial charge in [-0.25, -0.2) is 0 Å². The minimum absolute atomic E-state index is 0.00255. The van der Waals surface area contributed by atoms with Gasteiger partial charge in [0.25, 0.3) is 0 Å². The second kappa shape index (κ2) is 7.16. The van der Waals surface area contributed by atoms with Crippen molar-refractivity contribution in [3.63, 3.8) is 0 Å². The van der Waals surface area contributed by atoms with Gasteiger partial charge in [0.2, 0.25) is 5.91 Å². The molecule has 29 heavy (non-hydrogen) atoms. The van der Waals surface area contributed by atoms with E-state index in [0.29, 0.717) is 6.61 Å². The highest BCUT2D eigenvalue weighted by atomic mass is 16.5. The van der Waals surface area contributed by atoms with E-state index >= 15 is 0 Å². The molecule has 3 heteroatoms. The van der Waals surface area contributed by atoms with Gasteiger partial charge in [-0.2, -0.15) is 0 Å². The molecule has 2 fully saturated rings. The molecule has 3 nitrogen and oxygen atoms in total. The van der Waals surface area contributed by atoms with Crippen LogP contribution in [0.1, 0.15) is 30.5 Å². The Bertz CT molecular complexity index is 1000. The lowest BCUT2D eigenvalue weighted by Gasteiger charge is -2.33. The van der Waals surface area contributed by atoms with Gasteiger partial charge in [0.05, 0.1) is 12.6 Å². The first kappa shape index (κ1) is 18.1. The molecule has 2 aliphatic heterocycles. The van der Waals surface area contributed by atoms with E-state index in [4.69, 9.17) is 4.74 Å². The Hall–Kier alpha value is -2.91. The number of carbonyl (C=O) groups is 1. The highest BCUT2D eigenvalue weighted by Crippen LogP contribution is 2.48. The van der Waals surface area contributed by atoms with Crippen molar-refractivity contribution in [2.24, 2.45) is 5.92 Å². The van der Waals surface area contributed by atoms with Crippen molar-refractivity contribution in [1.82, 2.24) is 4.90 Å². The van der Waals surface area contributed by atoms with Crippen LogP contribution >= 0.6 is 0 Å². The molecule has 5 rings (SSSR count). The first-order valence-corrected chi connectivity index (χ1v) is 10.3. The molecule has 3 atom stereocenters. The minimum Gasteiger partial charge on any atom is -0.353 e. The topological polar surface area (TPSA) is 29.5 Å². The number of hydrogen-bond donors (Lipinski definition) is 0. The Morgan fingerprint density at radius 2 is 1.52 bits per heavy atom. The highest BCUT2D eigenvalue weighted by Gasteiger charge is 2.57. The van der Waals surface area contributed by atoms with Gasteiger partial charge in [-0.05, 0) is 22.3 Å². The maximum atomic E-state index is 13.1. The first-order valence-electron chi connectivity index (χ1n) is 10.3. The van der Waals surface area contributed by atoms with Gasteiger partial charge in [-0.1, -0.05) is 91.9 Å². The second-order valence-electron chi connectivity index (χ2n) is 8.24. The van der Waals surface area contributed by atoms with Crippen molar-refractivity contribution in [2.45, 2.75) is 31.5 Å². The average Bonchev–Trinajstić information content (AvgIpc) is 3.24. The third kappa shape index (κ3) is 3.16. The van der Waals surface area contributed by atoms with Gasteiger partial charge in [-0.15, -0.1) is 0 Å². The summed E-state index contributed by atoms with van der Waals surface area (Å²) >= 11 is 0. The molecular weight excluding hydrogens is 358 g/mol. The lowest BCUT2D eigenvalue weighted by molar-refractivity contribution is -0.139. The Kier molecular flexibility index (Phi) is 4.48. The maximum absolute atomic E-state index is 13.1.